The van der Waals surface area contributed by atoms with Gasteiger partial charge in [0.2, 0.25) is 0 Å². The second kappa shape index (κ2) is 11.4. The highest BCUT2D eigenvalue weighted by Crippen LogP contribution is 2.12. The molecule has 0 radical (unpaired) electrons. The maximum atomic E-state index is 5.27. The predicted octanol–water partition coefficient (Wildman–Crippen LogP) is 3.75. The fourth-order valence-corrected chi connectivity index (χ4v) is 1.98. The van der Waals surface area contributed by atoms with Crippen molar-refractivity contribution in [3.63, 3.8) is 0 Å². The van der Waals surface area contributed by atoms with Crippen molar-refractivity contribution in [2.24, 2.45) is 0 Å². The standard InChI is InChI=1S/C14H31NO/c1-5-6-7-8-9-10-14(15-3)12-11-13(2)16-4/h13-15H,5-12H2,1-4H3. The summed E-state index contributed by atoms with van der Waals surface area (Å²) in [7, 11) is 3.87. The molecule has 0 rings (SSSR count). The monoisotopic (exact) mass is 229 g/mol. The minimum atomic E-state index is 0.399. The van der Waals surface area contributed by atoms with Gasteiger partial charge in [-0.2, -0.15) is 0 Å². The van der Waals surface area contributed by atoms with Gasteiger partial charge >= 0.3 is 0 Å². The Morgan fingerprint density at radius 3 is 2.25 bits per heavy atom. The molecule has 0 bridgehead atoms. The zero-order chi connectivity index (χ0) is 12.2. The van der Waals surface area contributed by atoms with Crippen molar-refractivity contribution in [3.8, 4) is 0 Å². The first kappa shape index (κ1) is 15.9. The average Bonchev–Trinajstić information content (AvgIpc) is 2.32. The van der Waals surface area contributed by atoms with E-state index in [2.05, 4.69) is 26.2 Å². The Labute approximate surface area is 102 Å². The van der Waals surface area contributed by atoms with E-state index in [0.29, 0.717) is 12.1 Å². The van der Waals surface area contributed by atoms with Gasteiger partial charge in [-0.1, -0.05) is 39.0 Å². The van der Waals surface area contributed by atoms with Crippen LogP contribution in [0.4, 0.5) is 0 Å². The van der Waals surface area contributed by atoms with Gasteiger partial charge in [-0.25, -0.2) is 0 Å². The lowest BCUT2D eigenvalue weighted by atomic mass is 10.0. The summed E-state index contributed by atoms with van der Waals surface area (Å²) in [5, 5.41) is 3.42. The van der Waals surface area contributed by atoms with E-state index in [0.717, 1.165) is 6.42 Å². The number of unbranched alkanes of at least 4 members (excludes halogenated alkanes) is 4. The normalized spacial score (nSPS) is 15.0. The van der Waals surface area contributed by atoms with Gasteiger partial charge in [0.05, 0.1) is 6.10 Å². The smallest absolute Gasteiger partial charge is 0.0543 e. The molecule has 0 saturated heterocycles. The molecule has 0 aromatic carbocycles. The largest absolute Gasteiger partial charge is 0.382 e. The molecule has 0 saturated carbocycles. The van der Waals surface area contributed by atoms with Gasteiger partial charge in [-0.05, 0) is 33.2 Å². The second-order valence-electron chi connectivity index (χ2n) is 4.81. The van der Waals surface area contributed by atoms with Crippen LogP contribution in [-0.2, 0) is 4.74 Å². The molecule has 0 heterocycles. The minimum absolute atomic E-state index is 0.399. The van der Waals surface area contributed by atoms with Gasteiger partial charge in [0.1, 0.15) is 0 Å². The number of methoxy groups -OCH3 is 1. The topological polar surface area (TPSA) is 21.3 Å². The molecular formula is C14H31NO. The van der Waals surface area contributed by atoms with Crippen molar-refractivity contribution in [2.45, 2.75) is 77.4 Å². The van der Waals surface area contributed by atoms with Crippen LogP contribution >= 0.6 is 0 Å². The number of hydrogen-bond donors (Lipinski definition) is 1. The van der Waals surface area contributed by atoms with Crippen LogP contribution in [0.5, 0.6) is 0 Å². The van der Waals surface area contributed by atoms with Gasteiger partial charge in [0.15, 0.2) is 0 Å². The Bertz CT molecular complexity index is 139. The molecule has 0 aromatic rings. The average molecular weight is 229 g/mol. The zero-order valence-corrected chi connectivity index (χ0v) is 11.7. The maximum Gasteiger partial charge on any atom is 0.0543 e. The van der Waals surface area contributed by atoms with Crippen LogP contribution in [0.25, 0.3) is 0 Å². The summed E-state index contributed by atoms with van der Waals surface area (Å²) in [6, 6.07) is 0.680. The third-order valence-electron chi connectivity index (χ3n) is 3.39. The predicted molar refractivity (Wildman–Crippen MR) is 71.9 cm³/mol. The van der Waals surface area contributed by atoms with Crippen molar-refractivity contribution >= 4 is 0 Å². The van der Waals surface area contributed by atoms with Gasteiger partial charge < -0.3 is 10.1 Å². The van der Waals surface area contributed by atoms with Crippen LogP contribution < -0.4 is 5.32 Å². The molecule has 2 unspecified atom stereocenters. The third kappa shape index (κ3) is 9.17. The van der Waals surface area contributed by atoms with E-state index in [4.69, 9.17) is 4.74 Å². The van der Waals surface area contributed by atoms with Gasteiger partial charge in [-0.3, -0.25) is 0 Å². The molecule has 0 aliphatic carbocycles. The second-order valence-corrected chi connectivity index (χ2v) is 4.81. The van der Waals surface area contributed by atoms with E-state index in [1.165, 1.54) is 44.9 Å². The summed E-state index contributed by atoms with van der Waals surface area (Å²) >= 11 is 0. The lowest BCUT2D eigenvalue weighted by Gasteiger charge is -2.18. The quantitative estimate of drug-likeness (QED) is 0.545. The van der Waals surface area contributed by atoms with E-state index < -0.39 is 0 Å². The lowest BCUT2D eigenvalue weighted by Crippen LogP contribution is -2.26. The SMILES string of the molecule is CCCCCCCC(CCC(C)OC)NC. The Morgan fingerprint density at radius 2 is 1.69 bits per heavy atom. The zero-order valence-electron chi connectivity index (χ0n) is 11.7. The first-order chi connectivity index (χ1) is 7.74. The number of rotatable bonds is 11. The third-order valence-corrected chi connectivity index (χ3v) is 3.39. The molecule has 2 heteroatoms. The Kier molecular flexibility index (Phi) is 11.3. The molecule has 0 aliphatic heterocycles. The molecule has 0 amide bonds. The highest BCUT2D eigenvalue weighted by molar-refractivity contribution is 4.66. The highest BCUT2D eigenvalue weighted by atomic mass is 16.5. The highest BCUT2D eigenvalue weighted by Gasteiger charge is 2.08. The summed E-state index contributed by atoms with van der Waals surface area (Å²) in [6.07, 6.45) is 11.0. The summed E-state index contributed by atoms with van der Waals surface area (Å²) in [5.41, 5.74) is 0. The van der Waals surface area contributed by atoms with E-state index in [9.17, 15) is 0 Å². The van der Waals surface area contributed by atoms with Crippen molar-refractivity contribution in [1.29, 1.82) is 0 Å². The van der Waals surface area contributed by atoms with Crippen LogP contribution in [0.2, 0.25) is 0 Å². The summed E-state index contributed by atoms with van der Waals surface area (Å²) < 4.78 is 5.27. The van der Waals surface area contributed by atoms with Crippen molar-refractivity contribution in [2.75, 3.05) is 14.2 Å². The summed E-state index contributed by atoms with van der Waals surface area (Å²) in [5.74, 6) is 0. The van der Waals surface area contributed by atoms with Gasteiger partial charge in [-0.15, -0.1) is 0 Å². The van der Waals surface area contributed by atoms with Crippen LogP contribution in [-0.4, -0.2) is 26.3 Å². The van der Waals surface area contributed by atoms with E-state index in [1.807, 2.05) is 0 Å². The van der Waals surface area contributed by atoms with E-state index in [1.54, 1.807) is 7.11 Å². The molecule has 98 valence electrons. The Balaban J connectivity index is 3.43. The first-order valence-corrected chi connectivity index (χ1v) is 6.94. The first-order valence-electron chi connectivity index (χ1n) is 6.94. The molecule has 1 N–H and O–H groups in total. The molecule has 0 aliphatic rings. The van der Waals surface area contributed by atoms with Gasteiger partial charge in [0, 0.05) is 13.2 Å². The number of hydrogen-bond acceptors (Lipinski definition) is 2. The Morgan fingerprint density at radius 1 is 1.00 bits per heavy atom. The van der Waals surface area contributed by atoms with Crippen LogP contribution in [0, 0.1) is 0 Å². The molecule has 2 atom stereocenters. The lowest BCUT2D eigenvalue weighted by molar-refractivity contribution is 0.106. The molecule has 16 heavy (non-hydrogen) atoms. The number of ether oxygens (including phenoxy) is 1. The van der Waals surface area contributed by atoms with E-state index >= 15 is 0 Å². The van der Waals surface area contributed by atoms with Gasteiger partial charge in [0.25, 0.3) is 0 Å². The molecular weight excluding hydrogens is 198 g/mol. The van der Waals surface area contributed by atoms with Crippen molar-refractivity contribution < 1.29 is 4.74 Å². The fraction of sp³-hybridized carbons (Fsp3) is 1.00. The molecule has 0 spiro atoms. The molecule has 0 fully saturated rings. The van der Waals surface area contributed by atoms with Crippen molar-refractivity contribution in [3.05, 3.63) is 0 Å². The van der Waals surface area contributed by atoms with E-state index in [-0.39, 0.29) is 0 Å². The fourth-order valence-electron chi connectivity index (χ4n) is 1.98. The minimum Gasteiger partial charge on any atom is -0.382 e. The summed E-state index contributed by atoms with van der Waals surface area (Å²) in [6.45, 7) is 4.41. The Hall–Kier alpha value is -0.0800. The summed E-state index contributed by atoms with van der Waals surface area (Å²) in [4.78, 5) is 0. The van der Waals surface area contributed by atoms with Crippen LogP contribution in [0.15, 0.2) is 0 Å². The van der Waals surface area contributed by atoms with Crippen LogP contribution in [0.1, 0.15) is 65.2 Å². The maximum absolute atomic E-state index is 5.27. The van der Waals surface area contributed by atoms with Crippen molar-refractivity contribution in [1.82, 2.24) is 5.32 Å². The molecule has 0 aromatic heterocycles. The molecule has 2 nitrogen and oxygen atoms in total. The number of nitrogens with one attached hydrogen (secondary N) is 1. The van der Waals surface area contributed by atoms with Crippen LogP contribution in [0.3, 0.4) is 0 Å².